The van der Waals surface area contributed by atoms with Crippen molar-refractivity contribution in [3.63, 3.8) is 0 Å². The zero-order chi connectivity index (χ0) is 39.3. The van der Waals surface area contributed by atoms with Crippen molar-refractivity contribution in [2.45, 2.75) is 0 Å². The van der Waals surface area contributed by atoms with Crippen molar-refractivity contribution >= 4 is 78.0 Å². The molecule has 2 aliphatic heterocycles. The summed E-state index contributed by atoms with van der Waals surface area (Å²) in [5, 5.41) is 4.54. The van der Waals surface area contributed by atoms with E-state index >= 15 is 0 Å². The van der Waals surface area contributed by atoms with Crippen LogP contribution in [0.2, 0.25) is 0 Å². The maximum absolute atomic E-state index is 6.37. The standard InChI is InChI=1S/C52H32N6O2/c1-3-17-37-33(15-1)35-31-32-36-34-16-2-4-18-38(34)58(50-30-14-28-48(54-50)56-41-21-7-11-25-45(41)60-46-26-12-8-22-42(46)56)52(36)51(35)57(37)49-29-13-27-47(53-49)55-39-19-5-9-23-43(39)59-44-24-10-6-20-40(44)55/h1-32H. The quantitative estimate of drug-likeness (QED) is 0.178. The molecule has 13 rings (SSSR count). The molecule has 0 bridgehead atoms. The van der Waals surface area contributed by atoms with E-state index in [0.29, 0.717) is 0 Å². The molecular formula is C52H32N6O2. The fraction of sp³-hybridized carbons (Fsp3) is 0. The summed E-state index contributed by atoms with van der Waals surface area (Å²) in [5.74, 6) is 6.30. The van der Waals surface area contributed by atoms with Crippen LogP contribution in [0.4, 0.5) is 34.4 Å². The summed E-state index contributed by atoms with van der Waals surface area (Å²) in [6.45, 7) is 0. The first kappa shape index (κ1) is 32.7. The second-order valence-corrected chi connectivity index (χ2v) is 15.0. The summed E-state index contributed by atoms with van der Waals surface area (Å²) in [6, 6.07) is 66.8. The number of para-hydroxylation sites is 10. The molecule has 0 spiro atoms. The Kier molecular flexibility index (Phi) is 6.85. The van der Waals surface area contributed by atoms with E-state index in [1.165, 1.54) is 0 Å². The van der Waals surface area contributed by atoms with Crippen LogP contribution in [0.5, 0.6) is 23.0 Å². The third-order valence-corrected chi connectivity index (χ3v) is 11.7. The molecule has 0 atom stereocenters. The minimum absolute atomic E-state index is 0.783. The minimum atomic E-state index is 0.783. The van der Waals surface area contributed by atoms with Crippen LogP contribution in [0.1, 0.15) is 0 Å². The van der Waals surface area contributed by atoms with Gasteiger partial charge in [-0.1, -0.05) is 109 Å². The van der Waals surface area contributed by atoms with Gasteiger partial charge in [-0.05, 0) is 84.9 Å². The second kappa shape index (κ2) is 12.6. The van der Waals surface area contributed by atoms with E-state index in [9.17, 15) is 0 Å². The van der Waals surface area contributed by atoms with Crippen molar-refractivity contribution in [3.05, 3.63) is 194 Å². The van der Waals surface area contributed by atoms with Gasteiger partial charge in [-0.2, -0.15) is 0 Å². The molecule has 2 aliphatic rings. The Bertz CT molecular complexity index is 3230. The first-order chi connectivity index (χ1) is 29.8. The van der Waals surface area contributed by atoms with Gasteiger partial charge in [-0.15, -0.1) is 0 Å². The predicted molar refractivity (Wildman–Crippen MR) is 240 cm³/mol. The number of hydrogen-bond acceptors (Lipinski definition) is 6. The van der Waals surface area contributed by atoms with Crippen molar-refractivity contribution in [1.82, 2.24) is 19.1 Å². The molecule has 0 unspecified atom stereocenters. The van der Waals surface area contributed by atoms with Gasteiger partial charge in [0.25, 0.3) is 0 Å². The third kappa shape index (κ3) is 4.67. The molecule has 6 heterocycles. The largest absolute Gasteiger partial charge is 0.453 e. The van der Waals surface area contributed by atoms with Crippen LogP contribution in [0.15, 0.2) is 194 Å². The molecule has 0 radical (unpaired) electrons. The first-order valence-corrected chi connectivity index (χ1v) is 20.0. The molecule has 60 heavy (non-hydrogen) atoms. The van der Waals surface area contributed by atoms with Gasteiger partial charge in [0.15, 0.2) is 23.0 Å². The van der Waals surface area contributed by atoms with Gasteiger partial charge in [-0.25, -0.2) is 9.97 Å². The third-order valence-electron chi connectivity index (χ3n) is 11.7. The van der Waals surface area contributed by atoms with E-state index in [1.54, 1.807) is 0 Å². The number of anilines is 6. The molecule has 0 saturated heterocycles. The van der Waals surface area contributed by atoms with Gasteiger partial charge in [-0.3, -0.25) is 18.9 Å². The van der Waals surface area contributed by atoms with Crippen LogP contribution in [0.25, 0.3) is 55.2 Å². The van der Waals surface area contributed by atoms with Crippen LogP contribution in [-0.4, -0.2) is 19.1 Å². The smallest absolute Gasteiger partial charge is 0.151 e. The molecule has 0 fully saturated rings. The normalized spacial score (nSPS) is 12.9. The Morgan fingerprint density at radius 3 is 1.02 bits per heavy atom. The van der Waals surface area contributed by atoms with Gasteiger partial charge < -0.3 is 9.47 Å². The SMILES string of the molecule is c1cc(N2c3ccccc3Oc3ccccc32)nc(-n2c3ccccc3c3ccc4c5ccccc5n(-c5cccc(N6c7ccccc7Oc7ccccc76)n5)c4c32)c1. The monoisotopic (exact) mass is 772 g/mol. The Balaban J connectivity index is 1.08. The average Bonchev–Trinajstić information content (AvgIpc) is 3.83. The number of hydrogen-bond donors (Lipinski definition) is 0. The lowest BCUT2D eigenvalue weighted by Gasteiger charge is -2.32. The van der Waals surface area contributed by atoms with Gasteiger partial charge in [0.1, 0.15) is 23.3 Å². The molecule has 282 valence electrons. The van der Waals surface area contributed by atoms with E-state index in [4.69, 9.17) is 19.4 Å². The molecule has 4 aromatic heterocycles. The summed E-state index contributed by atoms with van der Waals surface area (Å²) in [5.41, 5.74) is 7.95. The van der Waals surface area contributed by atoms with Crippen LogP contribution >= 0.6 is 0 Å². The summed E-state index contributed by atoms with van der Waals surface area (Å²) >= 11 is 0. The molecule has 0 saturated carbocycles. The molecular weight excluding hydrogens is 741 g/mol. The summed E-state index contributed by atoms with van der Waals surface area (Å²) in [7, 11) is 0. The number of fused-ring (bicyclic) bond motifs is 11. The highest BCUT2D eigenvalue weighted by molar-refractivity contribution is 6.23. The number of benzene rings is 7. The van der Waals surface area contributed by atoms with E-state index in [-0.39, 0.29) is 0 Å². The maximum atomic E-state index is 6.37. The molecule has 0 aliphatic carbocycles. The lowest BCUT2D eigenvalue weighted by Crippen LogP contribution is -2.17. The van der Waals surface area contributed by atoms with Crippen molar-refractivity contribution in [2.75, 3.05) is 9.80 Å². The van der Waals surface area contributed by atoms with E-state index in [0.717, 1.165) is 113 Å². The lowest BCUT2D eigenvalue weighted by atomic mass is 10.1. The van der Waals surface area contributed by atoms with Crippen molar-refractivity contribution in [3.8, 4) is 34.6 Å². The zero-order valence-electron chi connectivity index (χ0n) is 32.0. The van der Waals surface area contributed by atoms with Gasteiger partial charge in [0.05, 0.1) is 44.8 Å². The fourth-order valence-corrected chi connectivity index (χ4v) is 9.20. The highest BCUT2D eigenvalue weighted by Crippen LogP contribution is 2.52. The minimum Gasteiger partial charge on any atom is -0.453 e. The van der Waals surface area contributed by atoms with Crippen molar-refractivity contribution in [1.29, 1.82) is 0 Å². The maximum Gasteiger partial charge on any atom is 0.151 e. The fourth-order valence-electron chi connectivity index (χ4n) is 9.20. The van der Waals surface area contributed by atoms with Gasteiger partial charge >= 0.3 is 0 Å². The molecule has 0 N–H and O–H groups in total. The molecule has 7 aromatic carbocycles. The first-order valence-electron chi connectivity index (χ1n) is 20.0. The van der Waals surface area contributed by atoms with Gasteiger partial charge in [0, 0.05) is 21.5 Å². The van der Waals surface area contributed by atoms with E-state index < -0.39 is 0 Å². The number of ether oxygens (including phenoxy) is 2. The summed E-state index contributed by atoms with van der Waals surface area (Å²) in [6.07, 6.45) is 0. The van der Waals surface area contributed by atoms with Crippen LogP contribution < -0.4 is 19.3 Å². The van der Waals surface area contributed by atoms with Crippen LogP contribution in [-0.2, 0) is 0 Å². The second-order valence-electron chi connectivity index (χ2n) is 15.0. The molecule has 8 nitrogen and oxygen atoms in total. The Morgan fingerprint density at radius 1 is 0.283 bits per heavy atom. The highest BCUT2D eigenvalue weighted by atomic mass is 16.5. The Labute approximate surface area is 344 Å². The van der Waals surface area contributed by atoms with E-state index in [2.05, 4.69) is 140 Å². The van der Waals surface area contributed by atoms with Crippen LogP contribution in [0, 0.1) is 0 Å². The Morgan fingerprint density at radius 2 is 0.617 bits per heavy atom. The zero-order valence-corrected chi connectivity index (χ0v) is 32.0. The Hall–Kier alpha value is -8.36. The van der Waals surface area contributed by atoms with Crippen LogP contribution in [0.3, 0.4) is 0 Å². The summed E-state index contributed by atoms with van der Waals surface area (Å²) in [4.78, 5) is 15.4. The predicted octanol–water partition coefficient (Wildman–Crippen LogP) is 13.8. The molecule has 11 aromatic rings. The summed E-state index contributed by atoms with van der Waals surface area (Å²) < 4.78 is 17.4. The van der Waals surface area contributed by atoms with Crippen molar-refractivity contribution in [2.24, 2.45) is 0 Å². The number of nitrogens with zero attached hydrogens (tertiary/aromatic N) is 6. The number of aromatic nitrogens is 4. The highest BCUT2D eigenvalue weighted by Gasteiger charge is 2.29. The molecule has 0 amide bonds. The molecule has 8 heteroatoms. The van der Waals surface area contributed by atoms with Crippen molar-refractivity contribution < 1.29 is 9.47 Å². The van der Waals surface area contributed by atoms with E-state index in [1.807, 2.05) is 72.8 Å². The topological polar surface area (TPSA) is 60.6 Å². The number of rotatable bonds is 4. The number of pyridine rings is 2. The lowest BCUT2D eigenvalue weighted by molar-refractivity contribution is 0.476. The van der Waals surface area contributed by atoms with Gasteiger partial charge in [0.2, 0.25) is 0 Å². The average molecular weight is 773 g/mol.